The van der Waals surface area contributed by atoms with E-state index in [1.165, 1.54) is 18.4 Å². The van der Waals surface area contributed by atoms with Crippen LogP contribution in [0.2, 0.25) is 5.02 Å². The zero-order valence-electron chi connectivity index (χ0n) is 8.83. The molecule has 0 aliphatic rings. The van der Waals surface area contributed by atoms with Gasteiger partial charge in [-0.05, 0) is 11.6 Å². The van der Waals surface area contributed by atoms with E-state index in [0.29, 0.717) is 10.1 Å². The first-order chi connectivity index (χ1) is 8.15. The molecule has 0 saturated carbocycles. The summed E-state index contributed by atoms with van der Waals surface area (Å²) in [6, 6.07) is 5.89. The van der Waals surface area contributed by atoms with Crippen LogP contribution in [-0.2, 0) is 10.1 Å². The van der Waals surface area contributed by atoms with Crippen molar-refractivity contribution in [3.8, 4) is 5.06 Å². The lowest BCUT2D eigenvalue weighted by Gasteiger charge is -1.98. The van der Waals surface area contributed by atoms with Crippen molar-refractivity contribution in [2.75, 3.05) is 7.11 Å². The van der Waals surface area contributed by atoms with Crippen molar-refractivity contribution in [1.29, 1.82) is 0 Å². The van der Waals surface area contributed by atoms with Crippen molar-refractivity contribution in [2.45, 2.75) is 5.33 Å². The molecule has 0 unspecified atom stereocenters. The number of carbonyl (C=O) groups is 1. The van der Waals surface area contributed by atoms with Gasteiger partial charge in [-0.15, -0.1) is 0 Å². The van der Waals surface area contributed by atoms with Crippen LogP contribution in [0.4, 0.5) is 4.79 Å². The molecule has 0 N–H and O–H groups in total. The van der Waals surface area contributed by atoms with Gasteiger partial charge in [-0.3, -0.25) is 0 Å². The Hall–Kier alpha value is -0.780. The number of hydrogen-bond acceptors (Lipinski definition) is 4. The highest BCUT2D eigenvalue weighted by atomic mass is 79.9. The molecular weight excluding hydrogens is 328 g/mol. The number of halogens is 2. The van der Waals surface area contributed by atoms with Crippen molar-refractivity contribution >= 4 is 55.1 Å². The summed E-state index contributed by atoms with van der Waals surface area (Å²) in [6.45, 7) is 0. The molecule has 1 aromatic carbocycles. The summed E-state index contributed by atoms with van der Waals surface area (Å²) >= 11 is 10.8. The minimum atomic E-state index is -0.765. The van der Waals surface area contributed by atoms with Crippen LogP contribution in [-0.4, -0.2) is 13.3 Å². The van der Waals surface area contributed by atoms with Crippen molar-refractivity contribution in [3.05, 3.63) is 28.8 Å². The molecule has 0 aliphatic heterocycles. The van der Waals surface area contributed by atoms with Crippen LogP contribution in [0.1, 0.15) is 5.56 Å². The Morgan fingerprint density at radius 2 is 2.29 bits per heavy atom. The quantitative estimate of drug-likeness (QED) is 0.594. The van der Waals surface area contributed by atoms with Gasteiger partial charge in [-0.1, -0.05) is 51.0 Å². The number of hydrogen-bond donors (Lipinski definition) is 0. The first-order valence-corrected chi connectivity index (χ1v) is 7.00. The zero-order valence-corrected chi connectivity index (χ0v) is 12.0. The lowest BCUT2D eigenvalue weighted by Crippen LogP contribution is -2.06. The zero-order chi connectivity index (χ0) is 12.4. The Bertz CT molecular complexity index is 567. The van der Waals surface area contributed by atoms with Crippen molar-refractivity contribution < 1.29 is 14.3 Å². The molecule has 0 radical (unpaired) electrons. The van der Waals surface area contributed by atoms with Crippen LogP contribution >= 0.6 is 38.9 Å². The van der Waals surface area contributed by atoms with E-state index in [-0.39, 0.29) is 0 Å². The van der Waals surface area contributed by atoms with Gasteiger partial charge >= 0.3 is 6.16 Å². The Balaban J connectivity index is 2.45. The number of methoxy groups -OCH3 is 1. The number of fused-ring (bicyclic) bond motifs is 1. The van der Waals surface area contributed by atoms with Gasteiger partial charge in [0.2, 0.25) is 5.06 Å². The normalized spacial score (nSPS) is 10.5. The largest absolute Gasteiger partial charge is 0.514 e. The highest BCUT2D eigenvalue weighted by molar-refractivity contribution is 9.08. The topological polar surface area (TPSA) is 35.5 Å². The van der Waals surface area contributed by atoms with E-state index in [0.717, 1.165) is 21.0 Å². The monoisotopic (exact) mass is 334 g/mol. The van der Waals surface area contributed by atoms with Gasteiger partial charge in [-0.25, -0.2) is 4.79 Å². The van der Waals surface area contributed by atoms with Crippen LogP contribution in [0.15, 0.2) is 18.2 Å². The molecule has 0 aliphatic carbocycles. The van der Waals surface area contributed by atoms with Gasteiger partial charge in [0.15, 0.2) is 0 Å². The first-order valence-electron chi connectivity index (χ1n) is 4.68. The van der Waals surface area contributed by atoms with Crippen LogP contribution in [0.5, 0.6) is 5.06 Å². The fourth-order valence-corrected chi connectivity index (χ4v) is 3.08. The van der Waals surface area contributed by atoms with Gasteiger partial charge in [0.25, 0.3) is 0 Å². The second-order valence-electron chi connectivity index (χ2n) is 3.22. The van der Waals surface area contributed by atoms with E-state index in [9.17, 15) is 4.79 Å². The minimum absolute atomic E-state index is 0.361. The highest BCUT2D eigenvalue weighted by Gasteiger charge is 2.15. The van der Waals surface area contributed by atoms with E-state index in [4.69, 9.17) is 16.3 Å². The predicted octanol–water partition coefficient (Wildman–Crippen LogP) is 4.59. The molecule has 17 heavy (non-hydrogen) atoms. The number of benzene rings is 1. The summed E-state index contributed by atoms with van der Waals surface area (Å²) in [5.74, 6) is 0. The number of thiophene rings is 1. The molecule has 3 nitrogen and oxygen atoms in total. The van der Waals surface area contributed by atoms with Crippen LogP contribution in [0, 0.1) is 0 Å². The molecule has 6 heteroatoms. The lowest BCUT2D eigenvalue weighted by atomic mass is 10.2. The summed E-state index contributed by atoms with van der Waals surface area (Å²) < 4.78 is 10.4. The Labute approximate surface area is 115 Å². The van der Waals surface area contributed by atoms with Crippen molar-refractivity contribution in [2.24, 2.45) is 0 Å². The van der Waals surface area contributed by atoms with Crippen LogP contribution in [0.25, 0.3) is 10.1 Å². The number of rotatable bonds is 2. The second kappa shape index (κ2) is 5.25. The first kappa shape index (κ1) is 12.7. The lowest BCUT2D eigenvalue weighted by molar-refractivity contribution is 0.123. The third-order valence-corrected chi connectivity index (χ3v) is 4.33. The predicted molar refractivity (Wildman–Crippen MR) is 72.5 cm³/mol. The molecule has 0 bridgehead atoms. The Morgan fingerprint density at radius 1 is 1.53 bits per heavy atom. The number of carbonyl (C=O) groups excluding carboxylic acids is 1. The standard InChI is InChI=1S/C11H8BrClO3S/c1-15-11(14)16-10-9(13)7-3-2-6(5-12)4-8(7)17-10/h2-4H,5H2,1H3. The number of alkyl halides is 1. The summed E-state index contributed by atoms with van der Waals surface area (Å²) in [4.78, 5) is 11.0. The summed E-state index contributed by atoms with van der Waals surface area (Å²) in [5.41, 5.74) is 1.14. The van der Waals surface area contributed by atoms with E-state index in [1.807, 2.05) is 18.2 Å². The van der Waals surface area contributed by atoms with Gasteiger partial charge in [0.1, 0.15) is 5.02 Å². The SMILES string of the molecule is COC(=O)Oc1sc2cc(CBr)ccc2c1Cl. The summed E-state index contributed by atoms with van der Waals surface area (Å²) in [5, 5.41) is 2.45. The second-order valence-corrected chi connectivity index (χ2v) is 5.18. The highest BCUT2D eigenvalue weighted by Crippen LogP contribution is 2.42. The molecule has 0 spiro atoms. The molecule has 2 rings (SSSR count). The molecule has 2 aromatic rings. The molecule has 0 saturated heterocycles. The maximum atomic E-state index is 11.0. The van der Waals surface area contributed by atoms with Crippen LogP contribution < -0.4 is 4.74 Å². The fraction of sp³-hybridized carbons (Fsp3) is 0.182. The van der Waals surface area contributed by atoms with Crippen LogP contribution in [0.3, 0.4) is 0 Å². The Morgan fingerprint density at radius 3 is 2.94 bits per heavy atom. The van der Waals surface area contributed by atoms with E-state index in [2.05, 4.69) is 20.7 Å². The summed E-state index contributed by atoms with van der Waals surface area (Å²) in [7, 11) is 1.26. The third kappa shape index (κ3) is 2.56. The van der Waals surface area contributed by atoms with E-state index >= 15 is 0 Å². The molecule has 1 heterocycles. The Kier molecular flexibility index (Phi) is 3.91. The average molecular weight is 336 g/mol. The minimum Gasteiger partial charge on any atom is -0.437 e. The fourth-order valence-electron chi connectivity index (χ4n) is 1.35. The van der Waals surface area contributed by atoms with Gasteiger partial charge in [-0.2, -0.15) is 0 Å². The molecule has 0 amide bonds. The third-order valence-electron chi connectivity index (χ3n) is 2.16. The molecule has 0 atom stereocenters. The van der Waals surface area contributed by atoms with E-state index < -0.39 is 6.16 Å². The van der Waals surface area contributed by atoms with Crippen molar-refractivity contribution in [1.82, 2.24) is 0 Å². The maximum Gasteiger partial charge on any atom is 0.514 e. The van der Waals surface area contributed by atoms with Gasteiger partial charge in [0.05, 0.1) is 7.11 Å². The average Bonchev–Trinajstić information content (AvgIpc) is 2.65. The molecule has 0 fully saturated rings. The van der Waals surface area contributed by atoms with E-state index in [1.54, 1.807) is 0 Å². The molecule has 1 aromatic heterocycles. The molecule has 90 valence electrons. The maximum absolute atomic E-state index is 11.0. The summed E-state index contributed by atoms with van der Waals surface area (Å²) in [6.07, 6.45) is -0.765. The van der Waals surface area contributed by atoms with Gasteiger partial charge in [0, 0.05) is 15.4 Å². The smallest absolute Gasteiger partial charge is 0.437 e. The van der Waals surface area contributed by atoms with Crippen molar-refractivity contribution in [3.63, 3.8) is 0 Å². The number of ether oxygens (including phenoxy) is 2. The van der Waals surface area contributed by atoms with Gasteiger partial charge < -0.3 is 9.47 Å². The molecular formula is C11H8BrClO3S.